The zero-order valence-corrected chi connectivity index (χ0v) is 10.6. The van der Waals surface area contributed by atoms with Gasteiger partial charge in [0.2, 0.25) is 0 Å². The van der Waals surface area contributed by atoms with E-state index in [0.717, 1.165) is 31.6 Å². The van der Waals surface area contributed by atoms with E-state index in [2.05, 4.69) is 10.5 Å². The van der Waals surface area contributed by atoms with Gasteiger partial charge >= 0.3 is 0 Å². The predicted molar refractivity (Wildman–Crippen MR) is 64.0 cm³/mol. The van der Waals surface area contributed by atoms with E-state index < -0.39 is 0 Å². The smallest absolute Gasteiger partial charge is 0.259 e. The molecule has 1 aromatic heterocycles. The van der Waals surface area contributed by atoms with Gasteiger partial charge in [0, 0.05) is 19.1 Å². The van der Waals surface area contributed by atoms with Gasteiger partial charge in [0.05, 0.1) is 5.69 Å². The zero-order valence-electron chi connectivity index (χ0n) is 10.6. The number of amides is 1. The number of rotatable bonds is 3. The molecule has 5 heteroatoms. The lowest BCUT2D eigenvalue weighted by Gasteiger charge is -2.16. The van der Waals surface area contributed by atoms with Crippen molar-refractivity contribution >= 4 is 5.91 Å². The molecule has 5 nitrogen and oxygen atoms in total. The van der Waals surface area contributed by atoms with Crippen LogP contribution in [0.15, 0.2) is 4.52 Å². The summed E-state index contributed by atoms with van der Waals surface area (Å²) in [5, 5.41) is 7.13. The molecule has 0 spiro atoms. The van der Waals surface area contributed by atoms with Crippen molar-refractivity contribution in [2.45, 2.75) is 32.7 Å². The van der Waals surface area contributed by atoms with E-state index >= 15 is 0 Å². The largest absolute Gasteiger partial charge is 0.361 e. The van der Waals surface area contributed by atoms with E-state index in [1.807, 2.05) is 18.9 Å². The van der Waals surface area contributed by atoms with Crippen molar-refractivity contribution < 1.29 is 9.32 Å². The van der Waals surface area contributed by atoms with Crippen LogP contribution in [-0.4, -0.2) is 42.1 Å². The summed E-state index contributed by atoms with van der Waals surface area (Å²) in [5.74, 6) is 0.679. The monoisotopic (exact) mass is 237 g/mol. The van der Waals surface area contributed by atoms with Crippen LogP contribution in [0.5, 0.6) is 0 Å². The molecule has 0 radical (unpaired) electrons. The quantitative estimate of drug-likeness (QED) is 0.851. The molecule has 17 heavy (non-hydrogen) atoms. The Hall–Kier alpha value is -1.36. The van der Waals surface area contributed by atoms with E-state index in [9.17, 15) is 4.79 Å². The molecular weight excluding hydrogens is 218 g/mol. The third kappa shape index (κ3) is 2.20. The predicted octanol–water partition coefficient (Wildman–Crippen LogP) is 0.979. The van der Waals surface area contributed by atoms with E-state index in [-0.39, 0.29) is 5.91 Å². The van der Waals surface area contributed by atoms with Crippen molar-refractivity contribution in [1.29, 1.82) is 0 Å². The summed E-state index contributed by atoms with van der Waals surface area (Å²) >= 11 is 0. The van der Waals surface area contributed by atoms with Gasteiger partial charge in [-0.1, -0.05) is 12.1 Å². The van der Waals surface area contributed by atoms with Crippen LogP contribution in [0.1, 0.15) is 35.2 Å². The Kier molecular flexibility index (Phi) is 3.47. The minimum Gasteiger partial charge on any atom is -0.361 e. The molecule has 1 aliphatic rings. The first-order valence-electron chi connectivity index (χ1n) is 6.09. The SMILES string of the molecule is CCc1noc(C)c1C(=O)N1CCC(NC)C1. The number of nitrogens with one attached hydrogen (secondary N) is 1. The Morgan fingerprint density at radius 3 is 3.00 bits per heavy atom. The molecule has 1 saturated heterocycles. The van der Waals surface area contributed by atoms with Crippen LogP contribution in [0.4, 0.5) is 0 Å². The van der Waals surface area contributed by atoms with Gasteiger partial charge in [-0.05, 0) is 26.8 Å². The molecule has 1 amide bonds. The van der Waals surface area contributed by atoms with Gasteiger partial charge in [0.25, 0.3) is 5.91 Å². The van der Waals surface area contributed by atoms with E-state index in [0.29, 0.717) is 17.4 Å². The summed E-state index contributed by atoms with van der Waals surface area (Å²) in [7, 11) is 1.93. The van der Waals surface area contributed by atoms with Crippen molar-refractivity contribution in [3.05, 3.63) is 17.0 Å². The number of likely N-dealkylation sites (N-methyl/N-ethyl adjacent to an activating group) is 1. The highest BCUT2D eigenvalue weighted by molar-refractivity contribution is 5.96. The first kappa shape index (κ1) is 12.1. The molecule has 0 saturated carbocycles. The Balaban J connectivity index is 2.17. The van der Waals surface area contributed by atoms with E-state index in [4.69, 9.17) is 4.52 Å². The molecule has 0 aromatic carbocycles. The van der Waals surface area contributed by atoms with Gasteiger partial charge in [-0.2, -0.15) is 0 Å². The molecule has 1 aromatic rings. The van der Waals surface area contributed by atoms with Gasteiger partial charge < -0.3 is 14.7 Å². The molecule has 94 valence electrons. The van der Waals surface area contributed by atoms with Crippen molar-refractivity contribution in [3.63, 3.8) is 0 Å². The maximum atomic E-state index is 12.4. The third-order valence-corrected chi connectivity index (χ3v) is 3.37. The maximum absolute atomic E-state index is 12.4. The zero-order chi connectivity index (χ0) is 12.4. The van der Waals surface area contributed by atoms with Crippen molar-refractivity contribution in [2.24, 2.45) is 0 Å². The molecule has 0 bridgehead atoms. The van der Waals surface area contributed by atoms with E-state index in [1.165, 1.54) is 0 Å². The lowest BCUT2D eigenvalue weighted by molar-refractivity contribution is 0.0787. The number of aromatic nitrogens is 1. The molecular formula is C12H19N3O2. The maximum Gasteiger partial charge on any atom is 0.259 e. The van der Waals surface area contributed by atoms with Crippen LogP contribution >= 0.6 is 0 Å². The minimum absolute atomic E-state index is 0.0540. The van der Waals surface area contributed by atoms with Gasteiger partial charge in [-0.15, -0.1) is 0 Å². The van der Waals surface area contributed by atoms with Gasteiger partial charge in [0.1, 0.15) is 11.3 Å². The normalized spacial score (nSPS) is 19.9. The highest BCUT2D eigenvalue weighted by Crippen LogP contribution is 2.19. The van der Waals surface area contributed by atoms with Gasteiger partial charge in [-0.25, -0.2) is 0 Å². The fourth-order valence-corrected chi connectivity index (χ4v) is 2.27. The van der Waals surface area contributed by atoms with Crippen LogP contribution in [-0.2, 0) is 6.42 Å². The fraction of sp³-hybridized carbons (Fsp3) is 0.667. The summed E-state index contributed by atoms with van der Waals surface area (Å²) in [6.45, 7) is 5.35. The van der Waals surface area contributed by atoms with Crippen molar-refractivity contribution in [1.82, 2.24) is 15.4 Å². The second kappa shape index (κ2) is 4.87. The Morgan fingerprint density at radius 2 is 2.41 bits per heavy atom. The summed E-state index contributed by atoms with van der Waals surface area (Å²) in [6.07, 6.45) is 1.73. The molecule has 1 atom stereocenters. The Morgan fingerprint density at radius 1 is 1.65 bits per heavy atom. The molecule has 1 aliphatic heterocycles. The summed E-state index contributed by atoms with van der Waals surface area (Å²) in [5.41, 5.74) is 1.42. The summed E-state index contributed by atoms with van der Waals surface area (Å²) in [6, 6.07) is 0.407. The average molecular weight is 237 g/mol. The number of nitrogens with zero attached hydrogens (tertiary/aromatic N) is 2. The van der Waals surface area contributed by atoms with Gasteiger partial charge in [0.15, 0.2) is 0 Å². The molecule has 1 fully saturated rings. The minimum atomic E-state index is 0.0540. The van der Waals surface area contributed by atoms with E-state index in [1.54, 1.807) is 6.92 Å². The number of carbonyl (C=O) groups is 1. The topological polar surface area (TPSA) is 58.4 Å². The number of aryl methyl sites for hydroxylation is 2. The van der Waals surface area contributed by atoms with Crippen LogP contribution in [0.2, 0.25) is 0 Å². The summed E-state index contributed by atoms with van der Waals surface area (Å²) < 4.78 is 5.11. The van der Waals surface area contributed by atoms with Crippen LogP contribution in [0, 0.1) is 6.92 Å². The highest BCUT2D eigenvalue weighted by Gasteiger charge is 2.29. The second-order valence-electron chi connectivity index (χ2n) is 4.44. The highest BCUT2D eigenvalue weighted by atomic mass is 16.5. The Bertz CT molecular complexity index is 414. The number of hydrogen-bond donors (Lipinski definition) is 1. The lowest BCUT2D eigenvalue weighted by atomic mass is 10.1. The van der Waals surface area contributed by atoms with Gasteiger partial charge in [-0.3, -0.25) is 4.79 Å². The fourth-order valence-electron chi connectivity index (χ4n) is 2.27. The first-order chi connectivity index (χ1) is 8.17. The number of likely N-dealkylation sites (tertiary alicyclic amines) is 1. The summed E-state index contributed by atoms with van der Waals surface area (Å²) in [4.78, 5) is 14.2. The lowest BCUT2D eigenvalue weighted by Crippen LogP contribution is -2.34. The number of hydrogen-bond acceptors (Lipinski definition) is 4. The standard InChI is InChI=1S/C12H19N3O2/c1-4-10-11(8(2)17-14-10)12(16)15-6-5-9(7-15)13-3/h9,13H,4-7H2,1-3H3. The third-order valence-electron chi connectivity index (χ3n) is 3.37. The average Bonchev–Trinajstić information content (AvgIpc) is 2.94. The molecule has 1 unspecified atom stereocenters. The second-order valence-corrected chi connectivity index (χ2v) is 4.44. The molecule has 2 rings (SSSR count). The van der Waals surface area contributed by atoms with Crippen LogP contribution in [0.3, 0.4) is 0 Å². The van der Waals surface area contributed by atoms with Crippen LogP contribution in [0.25, 0.3) is 0 Å². The number of carbonyl (C=O) groups excluding carboxylic acids is 1. The first-order valence-corrected chi connectivity index (χ1v) is 6.09. The molecule has 1 N–H and O–H groups in total. The molecule has 2 heterocycles. The Labute approximate surface area is 101 Å². The van der Waals surface area contributed by atoms with Crippen LogP contribution < -0.4 is 5.32 Å². The van der Waals surface area contributed by atoms with Crippen molar-refractivity contribution in [3.8, 4) is 0 Å². The molecule has 0 aliphatic carbocycles. The van der Waals surface area contributed by atoms with Crippen molar-refractivity contribution in [2.75, 3.05) is 20.1 Å².